The molecule has 0 bridgehead atoms. The molecule has 1 heteroatoms. The van der Waals surface area contributed by atoms with Crippen molar-refractivity contribution in [1.29, 1.82) is 0 Å². The highest BCUT2D eigenvalue weighted by Crippen LogP contribution is 2.34. The SMILES string of the molecule is C=C(C)[C@H]1CCCC[C@@H]1C(C)=O. The van der Waals surface area contributed by atoms with Gasteiger partial charge in [-0.3, -0.25) is 4.79 Å². The lowest BCUT2D eigenvalue weighted by atomic mass is 9.74. The first-order valence-electron chi connectivity index (χ1n) is 4.78. The summed E-state index contributed by atoms with van der Waals surface area (Å²) in [5, 5.41) is 0. The second kappa shape index (κ2) is 3.88. The van der Waals surface area contributed by atoms with Crippen molar-refractivity contribution in [3.8, 4) is 0 Å². The lowest BCUT2D eigenvalue weighted by Crippen LogP contribution is -2.25. The zero-order valence-electron chi connectivity index (χ0n) is 8.10. The predicted octanol–water partition coefficient (Wildman–Crippen LogP) is 2.96. The van der Waals surface area contributed by atoms with Crippen LogP contribution in [0.5, 0.6) is 0 Å². The quantitative estimate of drug-likeness (QED) is 0.576. The topological polar surface area (TPSA) is 17.1 Å². The summed E-state index contributed by atoms with van der Waals surface area (Å²) < 4.78 is 0. The van der Waals surface area contributed by atoms with Crippen molar-refractivity contribution in [3.63, 3.8) is 0 Å². The summed E-state index contributed by atoms with van der Waals surface area (Å²) in [5.41, 5.74) is 1.19. The fourth-order valence-corrected chi connectivity index (χ4v) is 2.21. The summed E-state index contributed by atoms with van der Waals surface area (Å²) in [6.45, 7) is 7.72. The Morgan fingerprint density at radius 1 is 1.17 bits per heavy atom. The van der Waals surface area contributed by atoms with Gasteiger partial charge in [-0.05, 0) is 32.6 Å². The lowest BCUT2D eigenvalue weighted by Gasteiger charge is -2.29. The van der Waals surface area contributed by atoms with E-state index in [0.717, 1.165) is 6.42 Å². The van der Waals surface area contributed by atoms with E-state index in [0.29, 0.717) is 11.7 Å². The molecule has 0 heterocycles. The molecule has 1 saturated carbocycles. The molecule has 1 aliphatic carbocycles. The van der Waals surface area contributed by atoms with Crippen LogP contribution in [0.4, 0.5) is 0 Å². The molecule has 0 saturated heterocycles. The van der Waals surface area contributed by atoms with Gasteiger partial charge in [0.1, 0.15) is 5.78 Å². The van der Waals surface area contributed by atoms with Crippen molar-refractivity contribution in [2.24, 2.45) is 11.8 Å². The van der Waals surface area contributed by atoms with Crippen LogP contribution in [0.15, 0.2) is 12.2 Å². The molecule has 2 atom stereocenters. The normalized spacial score (nSPS) is 29.8. The average molecular weight is 166 g/mol. The predicted molar refractivity (Wildman–Crippen MR) is 50.9 cm³/mol. The molecule has 1 rings (SSSR count). The van der Waals surface area contributed by atoms with Gasteiger partial charge in [-0.25, -0.2) is 0 Å². The summed E-state index contributed by atoms with van der Waals surface area (Å²) in [5.74, 6) is 1.09. The van der Waals surface area contributed by atoms with Crippen LogP contribution >= 0.6 is 0 Å². The van der Waals surface area contributed by atoms with E-state index >= 15 is 0 Å². The third kappa shape index (κ3) is 1.96. The van der Waals surface area contributed by atoms with Gasteiger partial charge in [-0.15, -0.1) is 0 Å². The van der Waals surface area contributed by atoms with Crippen LogP contribution in [-0.4, -0.2) is 5.78 Å². The molecule has 0 aromatic heterocycles. The van der Waals surface area contributed by atoms with Crippen molar-refractivity contribution >= 4 is 5.78 Å². The van der Waals surface area contributed by atoms with Crippen LogP contribution in [0, 0.1) is 11.8 Å². The number of allylic oxidation sites excluding steroid dienone is 1. The highest BCUT2D eigenvalue weighted by Gasteiger charge is 2.28. The number of carbonyl (C=O) groups is 1. The molecule has 0 unspecified atom stereocenters. The largest absolute Gasteiger partial charge is 0.300 e. The van der Waals surface area contributed by atoms with Crippen LogP contribution in [0.3, 0.4) is 0 Å². The minimum absolute atomic E-state index is 0.274. The Morgan fingerprint density at radius 3 is 2.00 bits per heavy atom. The first-order chi connectivity index (χ1) is 5.63. The van der Waals surface area contributed by atoms with Crippen molar-refractivity contribution in [2.75, 3.05) is 0 Å². The number of rotatable bonds is 2. The third-order valence-corrected chi connectivity index (χ3v) is 2.92. The van der Waals surface area contributed by atoms with Crippen molar-refractivity contribution in [1.82, 2.24) is 0 Å². The molecule has 0 amide bonds. The molecule has 0 aliphatic heterocycles. The summed E-state index contributed by atoms with van der Waals surface area (Å²) in [7, 11) is 0. The molecular weight excluding hydrogens is 148 g/mol. The molecule has 1 aliphatic rings. The third-order valence-electron chi connectivity index (χ3n) is 2.92. The standard InChI is InChI=1S/C11H18O/c1-8(2)10-6-4-5-7-11(10)9(3)12/h10-11H,1,4-7H2,2-3H3/t10-,11-/m1/s1. The maximum atomic E-state index is 11.3. The molecule has 12 heavy (non-hydrogen) atoms. The highest BCUT2D eigenvalue weighted by molar-refractivity contribution is 5.79. The number of hydrogen-bond acceptors (Lipinski definition) is 1. The Morgan fingerprint density at radius 2 is 1.67 bits per heavy atom. The van der Waals surface area contributed by atoms with Gasteiger partial charge in [0, 0.05) is 5.92 Å². The van der Waals surface area contributed by atoms with E-state index in [1.54, 1.807) is 6.92 Å². The average Bonchev–Trinajstić information content (AvgIpc) is 2.04. The summed E-state index contributed by atoms with van der Waals surface area (Å²) in [6.07, 6.45) is 4.72. The van der Waals surface area contributed by atoms with Crippen molar-refractivity contribution < 1.29 is 4.79 Å². The Labute approximate surface area is 74.9 Å². The maximum Gasteiger partial charge on any atom is 0.133 e. The summed E-state index contributed by atoms with van der Waals surface area (Å²) in [4.78, 5) is 11.3. The van der Waals surface area contributed by atoms with Gasteiger partial charge in [-0.1, -0.05) is 25.0 Å². The van der Waals surface area contributed by atoms with Crippen LogP contribution in [0.25, 0.3) is 0 Å². The van der Waals surface area contributed by atoms with Crippen LogP contribution in [-0.2, 0) is 4.79 Å². The van der Waals surface area contributed by atoms with E-state index < -0.39 is 0 Å². The minimum atomic E-state index is 0.274. The van der Waals surface area contributed by atoms with Crippen molar-refractivity contribution in [3.05, 3.63) is 12.2 Å². The van der Waals surface area contributed by atoms with Gasteiger partial charge in [0.25, 0.3) is 0 Å². The van der Waals surface area contributed by atoms with Gasteiger partial charge >= 0.3 is 0 Å². The van der Waals surface area contributed by atoms with E-state index in [1.807, 2.05) is 6.92 Å². The fraction of sp³-hybridized carbons (Fsp3) is 0.727. The van der Waals surface area contributed by atoms with E-state index in [1.165, 1.54) is 24.8 Å². The number of Topliss-reactive ketones (excluding diaryl/α,β-unsaturated/α-hetero) is 1. The zero-order valence-corrected chi connectivity index (χ0v) is 8.10. The molecule has 0 spiro atoms. The van der Waals surface area contributed by atoms with Gasteiger partial charge in [0.15, 0.2) is 0 Å². The maximum absolute atomic E-state index is 11.3. The minimum Gasteiger partial charge on any atom is -0.300 e. The Balaban J connectivity index is 2.67. The first-order valence-corrected chi connectivity index (χ1v) is 4.78. The monoisotopic (exact) mass is 166 g/mol. The zero-order chi connectivity index (χ0) is 9.14. The highest BCUT2D eigenvalue weighted by atomic mass is 16.1. The van der Waals surface area contributed by atoms with E-state index in [4.69, 9.17) is 0 Å². The van der Waals surface area contributed by atoms with Crippen LogP contribution < -0.4 is 0 Å². The Hall–Kier alpha value is -0.590. The Kier molecular flexibility index (Phi) is 3.07. The van der Waals surface area contributed by atoms with Gasteiger partial charge < -0.3 is 0 Å². The molecule has 0 aromatic rings. The van der Waals surface area contributed by atoms with E-state index in [9.17, 15) is 4.79 Å². The Bertz CT molecular complexity index is 171. The second-order valence-corrected chi connectivity index (χ2v) is 3.95. The van der Waals surface area contributed by atoms with E-state index in [-0.39, 0.29) is 5.92 Å². The molecular formula is C11H18O. The molecule has 68 valence electrons. The summed E-state index contributed by atoms with van der Waals surface area (Å²) >= 11 is 0. The first kappa shape index (κ1) is 9.50. The molecule has 0 radical (unpaired) electrons. The fourth-order valence-electron chi connectivity index (χ4n) is 2.21. The number of carbonyl (C=O) groups excluding carboxylic acids is 1. The van der Waals surface area contributed by atoms with Crippen LogP contribution in [0.2, 0.25) is 0 Å². The second-order valence-electron chi connectivity index (χ2n) is 3.95. The van der Waals surface area contributed by atoms with E-state index in [2.05, 4.69) is 6.58 Å². The van der Waals surface area contributed by atoms with Gasteiger partial charge in [0.2, 0.25) is 0 Å². The molecule has 1 fully saturated rings. The molecule has 0 N–H and O–H groups in total. The summed E-state index contributed by atoms with van der Waals surface area (Å²) in [6, 6.07) is 0. The smallest absolute Gasteiger partial charge is 0.133 e. The molecule has 1 nitrogen and oxygen atoms in total. The molecule has 0 aromatic carbocycles. The number of ketones is 1. The number of hydrogen-bond donors (Lipinski definition) is 0. The van der Waals surface area contributed by atoms with Gasteiger partial charge in [0.05, 0.1) is 0 Å². The lowest BCUT2D eigenvalue weighted by molar-refractivity contribution is -0.122. The van der Waals surface area contributed by atoms with Crippen LogP contribution in [0.1, 0.15) is 39.5 Å². The van der Waals surface area contributed by atoms with Crippen molar-refractivity contribution in [2.45, 2.75) is 39.5 Å². The van der Waals surface area contributed by atoms with Gasteiger partial charge in [-0.2, -0.15) is 0 Å².